The standard InChI is InChI=1S/C21H25N3O4S2/c1-14(2)24-30(27,28)13-16-9-7-15(8-10-16)12-22-20(25)11-19-21(26)23-17-5-3-4-6-18(17)29-19/h3-10,14,19,24H,11-13H2,1-2H3,(H,22,25)(H,23,26)/t19-/m0/s1. The quantitative estimate of drug-likeness (QED) is 0.577. The summed E-state index contributed by atoms with van der Waals surface area (Å²) in [5.41, 5.74) is 2.30. The normalized spacial score (nSPS) is 16.1. The number of carbonyl (C=O) groups is 2. The van der Waals surface area contributed by atoms with Crippen LogP contribution in [0.1, 0.15) is 31.4 Å². The lowest BCUT2D eigenvalue weighted by atomic mass is 10.1. The Morgan fingerprint density at radius 2 is 1.77 bits per heavy atom. The third kappa shape index (κ3) is 6.32. The number of anilines is 1. The second-order valence-corrected chi connectivity index (χ2v) is 10.4. The molecule has 2 aromatic carbocycles. The summed E-state index contributed by atoms with van der Waals surface area (Å²) < 4.78 is 26.6. The van der Waals surface area contributed by atoms with Gasteiger partial charge in [0.15, 0.2) is 0 Å². The van der Waals surface area contributed by atoms with Crippen molar-refractivity contribution >= 4 is 39.3 Å². The highest BCUT2D eigenvalue weighted by Gasteiger charge is 2.28. The third-order valence-electron chi connectivity index (χ3n) is 4.36. The van der Waals surface area contributed by atoms with Crippen LogP contribution in [0.4, 0.5) is 5.69 Å². The Bertz CT molecular complexity index is 1020. The summed E-state index contributed by atoms with van der Waals surface area (Å²) in [5.74, 6) is -0.475. The Morgan fingerprint density at radius 3 is 2.47 bits per heavy atom. The highest BCUT2D eigenvalue weighted by Crippen LogP contribution is 2.36. The minimum absolute atomic E-state index is 0.0854. The van der Waals surface area contributed by atoms with Crippen LogP contribution in [-0.2, 0) is 31.9 Å². The van der Waals surface area contributed by atoms with Gasteiger partial charge in [-0.25, -0.2) is 13.1 Å². The van der Waals surface area contributed by atoms with Gasteiger partial charge in [0.2, 0.25) is 21.8 Å². The maximum Gasteiger partial charge on any atom is 0.238 e. The maximum atomic E-state index is 12.3. The van der Waals surface area contributed by atoms with E-state index in [-0.39, 0.29) is 30.0 Å². The van der Waals surface area contributed by atoms with Crippen LogP contribution < -0.4 is 15.4 Å². The molecule has 1 heterocycles. The van der Waals surface area contributed by atoms with Crippen molar-refractivity contribution in [3.8, 4) is 0 Å². The molecule has 0 unspecified atom stereocenters. The van der Waals surface area contributed by atoms with E-state index in [1.165, 1.54) is 11.8 Å². The van der Waals surface area contributed by atoms with Crippen LogP contribution in [0.15, 0.2) is 53.4 Å². The Morgan fingerprint density at radius 1 is 1.10 bits per heavy atom. The molecule has 0 spiro atoms. The van der Waals surface area contributed by atoms with E-state index in [1.54, 1.807) is 38.1 Å². The molecule has 30 heavy (non-hydrogen) atoms. The molecule has 3 rings (SSSR count). The van der Waals surface area contributed by atoms with Gasteiger partial charge in [-0.2, -0.15) is 0 Å². The van der Waals surface area contributed by atoms with Crippen LogP contribution in [-0.4, -0.2) is 31.5 Å². The minimum atomic E-state index is -3.38. The summed E-state index contributed by atoms with van der Waals surface area (Å²) >= 11 is 1.39. The summed E-state index contributed by atoms with van der Waals surface area (Å²) in [6.07, 6.45) is 0.0854. The van der Waals surface area contributed by atoms with Crippen LogP contribution in [0.25, 0.3) is 0 Å². The van der Waals surface area contributed by atoms with Crippen LogP contribution in [0.3, 0.4) is 0 Å². The summed E-state index contributed by atoms with van der Waals surface area (Å²) in [6, 6.07) is 14.4. The van der Waals surface area contributed by atoms with Gasteiger partial charge in [-0.3, -0.25) is 9.59 Å². The fourth-order valence-electron chi connectivity index (χ4n) is 3.04. The van der Waals surface area contributed by atoms with Crippen molar-refractivity contribution in [1.29, 1.82) is 0 Å². The molecule has 160 valence electrons. The lowest BCUT2D eigenvalue weighted by molar-refractivity contribution is -0.124. The molecule has 1 aliphatic rings. The molecule has 7 nitrogen and oxygen atoms in total. The lowest BCUT2D eigenvalue weighted by Crippen LogP contribution is -2.34. The molecule has 2 amide bonds. The first-order valence-corrected chi connectivity index (χ1v) is 12.2. The number of sulfonamides is 1. The average Bonchev–Trinajstić information content (AvgIpc) is 2.66. The van der Waals surface area contributed by atoms with Crippen molar-refractivity contribution < 1.29 is 18.0 Å². The van der Waals surface area contributed by atoms with E-state index in [2.05, 4.69) is 15.4 Å². The molecule has 0 radical (unpaired) electrons. The fourth-order valence-corrected chi connectivity index (χ4v) is 5.59. The van der Waals surface area contributed by atoms with Gasteiger partial charge in [-0.05, 0) is 37.1 Å². The monoisotopic (exact) mass is 447 g/mol. The van der Waals surface area contributed by atoms with Crippen molar-refractivity contribution in [2.45, 2.75) is 48.8 Å². The highest BCUT2D eigenvalue weighted by atomic mass is 32.2. The second-order valence-electron chi connectivity index (χ2n) is 7.42. The predicted octanol–water partition coefficient (Wildman–Crippen LogP) is 2.63. The van der Waals surface area contributed by atoms with Gasteiger partial charge in [0.05, 0.1) is 16.7 Å². The number of carbonyl (C=O) groups excluding carboxylic acids is 2. The molecule has 9 heteroatoms. The van der Waals surface area contributed by atoms with Crippen molar-refractivity contribution in [1.82, 2.24) is 10.0 Å². The highest BCUT2D eigenvalue weighted by molar-refractivity contribution is 8.01. The summed E-state index contributed by atoms with van der Waals surface area (Å²) in [5, 5.41) is 5.18. The first-order chi connectivity index (χ1) is 14.2. The van der Waals surface area contributed by atoms with Crippen molar-refractivity contribution in [3.63, 3.8) is 0 Å². The predicted molar refractivity (Wildman–Crippen MR) is 119 cm³/mol. The largest absolute Gasteiger partial charge is 0.352 e. The number of benzene rings is 2. The lowest BCUT2D eigenvalue weighted by Gasteiger charge is -2.23. The van der Waals surface area contributed by atoms with Gasteiger partial charge in [0.25, 0.3) is 0 Å². The van der Waals surface area contributed by atoms with Gasteiger partial charge >= 0.3 is 0 Å². The van der Waals surface area contributed by atoms with Gasteiger partial charge in [-0.15, -0.1) is 11.8 Å². The number of hydrogen-bond donors (Lipinski definition) is 3. The number of nitrogens with one attached hydrogen (secondary N) is 3. The molecule has 0 saturated carbocycles. The minimum Gasteiger partial charge on any atom is -0.352 e. The molecule has 1 atom stereocenters. The average molecular weight is 448 g/mol. The molecule has 1 aliphatic heterocycles. The van der Waals surface area contributed by atoms with E-state index in [1.807, 2.05) is 24.3 Å². The molecular formula is C21H25N3O4S2. The molecule has 0 saturated heterocycles. The van der Waals surface area contributed by atoms with Crippen LogP contribution >= 0.6 is 11.8 Å². The molecule has 3 N–H and O–H groups in total. The molecule has 0 aromatic heterocycles. The van der Waals surface area contributed by atoms with Crippen molar-refractivity contribution in [2.24, 2.45) is 0 Å². The smallest absolute Gasteiger partial charge is 0.238 e. The molecule has 0 aliphatic carbocycles. The Balaban J connectivity index is 1.50. The van der Waals surface area contributed by atoms with Gasteiger partial charge in [-0.1, -0.05) is 36.4 Å². The van der Waals surface area contributed by atoms with Crippen LogP contribution in [0, 0.1) is 0 Å². The summed E-state index contributed by atoms with van der Waals surface area (Å²) in [7, 11) is -3.38. The van der Waals surface area contributed by atoms with E-state index < -0.39 is 15.3 Å². The number of para-hydroxylation sites is 1. The molecule has 2 aromatic rings. The first kappa shape index (κ1) is 22.3. The molecule has 0 bridgehead atoms. The maximum absolute atomic E-state index is 12.3. The molecular weight excluding hydrogens is 422 g/mol. The SMILES string of the molecule is CC(C)NS(=O)(=O)Cc1ccc(CNC(=O)C[C@@H]2Sc3ccccc3NC2=O)cc1. The number of rotatable bonds is 8. The zero-order valence-electron chi connectivity index (χ0n) is 16.8. The van der Waals surface area contributed by atoms with E-state index >= 15 is 0 Å². The Hall–Kier alpha value is -2.36. The number of amides is 2. The topological polar surface area (TPSA) is 104 Å². The number of hydrogen-bond acceptors (Lipinski definition) is 5. The van der Waals surface area contributed by atoms with Gasteiger partial charge in [0, 0.05) is 23.9 Å². The zero-order chi connectivity index (χ0) is 21.7. The van der Waals surface area contributed by atoms with E-state index in [9.17, 15) is 18.0 Å². The van der Waals surface area contributed by atoms with Gasteiger partial charge in [0.1, 0.15) is 0 Å². The number of thioether (sulfide) groups is 1. The van der Waals surface area contributed by atoms with Gasteiger partial charge < -0.3 is 10.6 Å². The van der Waals surface area contributed by atoms with E-state index in [0.29, 0.717) is 12.1 Å². The van der Waals surface area contributed by atoms with Crippen LogP contribution in [0.2, 0.25) is 0 Å². The van der Waals surface area contributed by atoms with Crippen molar-refractivity contribution in [2.75, 3.05) is 5.32 Å². The Labute approximate surface area is 181 Å². The summed E-state index contributed by atoms with van der Waals surface area (Å²) in [4.78, 5) is 25.5. The number of fused-ring (bicyclic) bond motifs is 1. The van der Waals surface area contributed by atoms with Crippen LogP contribution in [0.5, 0.6) is 0 Å². The van der Waals surface area contributed by atoms with E-state index in [4.69, 9.17) is 0 Å². The second kappa shape index (κ2) is 9.63. The first-order valence-electron chi connectivity index (χ1n) is 9.63. The molecule has 0 fully saturated rings. The fraction of sp³-hybridized carbons (Fsp3) is 0.333. The zero-order valence-corrected chi connectivity index (χ0v) is 18.5. The summed E-state index contributed by atoms with van der Waals surface area (Å²) in [6.45, 7) is 3.86. The third-order valence-corrected chi connectivity index (χ3v) is 7.18. The van der Waals surface area contributed by atoms with Crippen molar-refractivity contribution in [3.05, 3.63) is 59.7 Å². The Kier molecular flexibility index (Phi) is 7.17. The van der Waals surface area contributed by atoms with E-state index in [0.717, 1.165) is 16.1 Å².